The third kappa shape index (κ3) is 5.32. The zero-order valence-corrected chi connectivity index (χ0v) is 20.5. The molecule has 0 aliphatic carbocycles. The predicted octanol–water partition coefficient (Wildman–Crippen LogP) is 5.05. The summed E-state index contributed by atoms with van der Waals surface area (Å²) < 4.78 is 49.6. The first-order valence-corrected chi connectivity index (χ1v) is 11.8. The fraction of sp³-hybridized carbons (Fsp3) is 0.167. The van der Waals surface area contributed by atoms with Crippen LogP contribution in [0.2, 0.25) is 5.02 Å². The number of benzene rings is 3. The molecule has 0 spiro atoms. The lowest BCUT2D eigenvalue weighted by Gasteiger charge is -2.15. The van der Waals surface area contributed by atoms with Crippen molar-refractivity contribution in [3.63, 3.8) is 0 Å². The number of hydrogen-bond donors (Lipinski definition) is 2. The SMILES string of the molecule is COc1ccc(C=Cc2cc(OC)c(OC)c(OC)c2)c(NS(=O)(=O)c2ccc(Cl)cc2)c1O. The van der Waals surface area contributed by atoms with Gasteiger partial charge in [0.05, 0.1) is 33.3 Å². The van der Waals surface area contributed by atoms with Gasteiger partial charge in [0.2, 0.25) is 5.75 Å². The standard InChI is InChI=1S/C24H24ClNO7S/c1-30-19-12-7-16(6-5-15-13-20(31-2)24(33-4)21(14-15)32-3)22(23(19)27)26-34(28,29)18-10-8-17(25)9-11-18/h5-14,26-27H,1-4H3. The maximum Gasteiger partial charge on any atom is 0.262 e. The van der Waals surface area contributed by atoms with Gasteiger partial charge in [0.25, 0.3) is 10.0 Å². The highest BCUT2D eigenvalue weighted by Gasteiger charge is 2.20. The lowest BCUT2D eigenvalue weighted by Crippen LogP contribution is -2.14. The fourth-order valence-electron chi connectivity index (χ4n) is 3.19. The summed E-state index contributed by atoms with van der Waals surface area (Å²) in [5.74, 6) is 1.12. The van der Waals surface area contributed by atoms with E-state index in [-0.39, 0.29) is 22.1 Å². The van der Waals surface area contributed by atoms with Crippen molar-refractivity contribution in [2.24, 2.45) is 0 Å². The smallest absolute Gasteiger partial charge is 0.262 e. The second kappa shape index (κ2) is 10.6. The van der Waals surface area contributed by atoms with Gasteiger partial charge in [-0.3, -0.25) is 4.72 Å². The van der Waals surface area contributed by atoms with Crippen molar-refractivity contribution in [1.82, 2.24) is 0 Å². The van der Waals surface area contributed by atoms with E-state index in [0.29, 0.717) is 33.4 Å². The Bertz CT molecular complexity index is 1280. The zero-order chi connectivity index (χ0) is 24.9. The van der Waals surface area contributed by atoms with E-state index in [9.17, 15) is 13.5 Å². The first kappa shape index (κ1) is 25.1. The van der Waals surface area contributed by atoms with Gasteiger partial charge in [-0.05, 0) is 54.1 Å². The molecule has 3 rings (SSSR count). The number of methoxy groups -OCH3 is 4. The van der Waals surface area contributed by atoms with Gasteiger partial charge in [-0.15, -0.1) is 0 Å². The lowest BCUT2D eigenvalue weighted by atomic mass is 10.1. The molecule has 180 valence electrons. The number of ether oxygens (including phenoxy) is 4. The van der Waals surface area contributed by atoms with Crippen molar-refractivity contribution >= 4 is 39.5 Å². The van der Waals surface area contributed by atoms with Gasteiger partial charge in [-0.2, -0.15) is 0 Å². The molecule has 0 aliphatic rings. The Labute approximate surface area is 203 Å². The lowest BCUT2D eigenvalue weighted by molar-refractivity contribution is 0.324. The molecule has 0 aliphatic heterocycles. The molecule has 0 saturated carbocycles. The third-order valence-electron chi connectivity index (χ3n) is 4.90. The highest BCUT2D eigenvalue weighted by Crippen LogP contribution is 2.41. The fourth-order valence-corrected chi connectivity index (χ4v) is 4.41. The topological polar surface area (TPSA) is 103 Å². The first-order valence-electron chi connectivity index (χ1n) is 9.90. The van der Waals surface area contributed by atoms with E-state index < -0.39 is 10.0 Å². The average Bonchev–Trinajstić information content (AvgIpc) is 2.83. The predicted molar refractivity (Wildman–Crippen MR) is 132 cm³/mol. The Kier molecular flexibility index (Phi) is 7.80. The van der Waals surface area contributed by atoms with E-state index in [1.165, 1.54) is 58.8 Å². The molecule has 3 aromatic rings. The van der Waals surface area contributed by atoms with Gasteiger partial charge in [-0.1, -0.05) is 23.8 Å². The summed E-state index contributed by atoms with van der Waals surface area (Å²) in [4.78, 5) is -0.0151. The van der Waals surface area contributed by atoms with Crippen LogP contribution in [-0.4, -0.2) is 42.0 Å². The van der Waals surface area contributed by atoms with E-state index in [0.717, 1.165) is 0 Å². The van der Waals surface area contributed by atoms with Crippen LogP contribution in [-0.2, 0) is 10.0 Å². The van der Waals surface area contributed by atoms with Crippen molar-refractivity contribution in [3.05, 3.63) is 64.7 Å². The van der Waals surface area contributed by atoms with Crippen molar-refractivity contribution < 1.29 is 32.5 Å². The van der Waals surface area contributed by atoms with Crippen LogP contribution in [0.3, 0.4) is 0 Å². The van der Waals surface area contributed by atoms with Crippen LogP contribution in [0.25, 0.3) is 12.2 Å². The highest BCUT2D eigenvalue weighted by atomic mass is 35.5. The van der Waals surface area contributed by atoms with E-state index >= 15 is 0 Å². The van der Waals surface area contributed by atoms with Crippen LogP contribution in [0.1, 0.15) is 11.1 Å². The maximum atomic E-state index is 13.0. The number of aromatic hydroxyl groups is 1. The van der Waals surface area contributed by atoms with Crippen LogP contribution < -0.4 is 23.7 Å². The summed E-state index contributed by atoms with van der Waals surface area (Å²) in [6.07, 6.45) is 3.35. The van der Waals surface area contributed by atoms with Crippen molar-refractivity contribution in [1.29, 1.82) is 0 Å². The highest BCUT2D eigenvalue weighted by molar-refractivity contribution is 7.92. The van der Waals surface area contributed by atoms with E-state index in [1.807, 2.05) is 0 Å². The van der Waals surface area contributed by atoms with Crippen LogP contribution in [0.5, 0.6) is 28.7 Å². The normalized spacial score (nSPS) is 11.3. The molecular weight excluding hydrogens is 482 g/mol. The van der Waals surface area contributed by atoms with Crippen LogP contribution in [0, 0.1) is 0 Å². The molecule has 0 fully saturated rings. The summed E-state index contributed by atoms with van der Waals surface area (Å²) >= 11 is 5.87. The number of anilines is 1. The molecule has 8 nitrogen and oxygen atoms in total. The number of nitrogens with one attached hydrogen (secondary N) is 1. The molecule has 0 unspecified atom stereocenters. The van der Waals surface area contributed by atoms with Gasteiger partial charge in [0, 0.05) is 10.6 Å². The Morgan fingerprint density at radius 2 is 1.41 bits per heavy atom. The summed E-state index contributed by atoms with van der Waals surface area (Å²) in [7, 11) is 1.87. The molecule has 3 aromatic carbocycles. The molecule has 0 saturated heterocycles. The molecule has 0 atom stereocenters. The number of hydrogen-bond acceptors (Lipinski definition) is 7. The molecule has 2 N–H and O–H groups in total. The Morgan fingerprint density at radius 1 is 0.824 bits per heavy atom. The summed E-state index contributed by atoms with van der Waals surface area (Å²) in [5, 5.41) is 11.1. The molecule has 10 heteroatoms. The number of halogens is 1. The summed E-state index contributed by atoms with van der Waals surface area (Å²) in [5.41, 5.74) is 1.04. The first-order chi connectivity index (χ1) is 16.2. The molecule has 0 bridgehead atoms. The molecule has 0 amide bonds. The number of phenols is 1. The zero-order valence-electron chi connectivity index (χ0n) is 19.0. The summed E-state index contributed by atoms with van der Waals surface area (Å²) in [6, 6.07) is 12.3. The monoisotopic (exact) mass is 505 g/mol. The van der Waals surface area contributed by atoms with E-state index in [1.54, 1.807) is 30.4 Å². The van der Waals surface area contributed by atoms with Gasteiger partial charge in [-0.25, -0.2) is 8.42 Å². The third-order valence-corrected chi connectivity index (χ3v) is 6.51. The number of rotatable bonds is 9. The molecule has 0 radical (unpaired) electrons. The van der Waals surface area contributed by atoms with Crippen LogP contribution >= 0.6 is 11.6 Å². The molecule has 0 aromatic heterocycles. The maximum absolute atomic E-state index is 13.0. The second-order valence-corrected chi connectivity index (χ2v) is 9.05. The minimum absolute atomic E-state index is 0.0151. The minimum atomic E-state index is -4.03. The number of phenolic OH excluding ortho intramolecular Hbond substituents is 1. The summed E-state index contributed by atoms with van der Waals surface area (Å²) in [6.45, 7) is 0. The molecule has 34 heavy (non-hydrogen) atoms. The van der Waals surface area contributed by atoms with Gasteiger partial charge in [0.15, 0.2) is 23.0 Å². The van der Waals surface area contributed by atoms with Crippen molar-refractivity contribution in [3.8, 4) is 28.7 Å². The van der Waals surface area contributed by atoms with Crippen molar-refractivity contribution in [2.75, 3.05) is 33.2 Å². The Balaban J connectivity index is 2.05. The van der Waals surface area contributed by atoms with Crippen molar-refractivity contribution in [2.45, 2.75) is 4.90 Å². The largest absolute Gasteiger partial charge is 0.503 e. The second-order valence-electron chi connectivity index (χ2n) is 6.93. The van der Waals surface area contributed by atoms with Gasteiger partial charge in [0.1, 0.15) is 5.69 Å². The van der Waals surface area contributed by atoms with Crippen LogP contribution in [0.15, 0.2) is 53.4 Å². The quantitative estimate of drug-likeness (QED) is 0.310. The van der Waals surface area contributed by atoms with E-state index in [4.69, 9.17) is 30.5 Å². The van der Waals surface area contributed by atoms with Crippen LogP contribution in [0.4, 0.5) is 5.69 Å². The van der Waals surface area contributed by atoms with Gasteiger partial charge < -0.3 is 24.1 Å². The van der Waals surface area contributed by atoms with Gasteiger partial charge >= 0.3 is 0 Å². The van der Waals surface area contributed by atoms with E-state index in [2.05, 4.69) is 4.72 Å². The number of sulfonamides is 1. The molecular formula is C24H24ClNO7S. The Hall–Kier alpha value is -3.56. The molecule has 0 heterocycles. The average molecular weight is 506 g/mol. The minimum Gasteiger partial charge on any atom is -0.503 e. The Morgan fingerprint density at radius 3 is 1.94 bits per heavy atom.